The van der Waals surface area contributed by atoms with Gasteiger partial charge in [-0.1, -0.05) is 74.9 Å². The minimum atomic E-state index is -0.391. The van der Waals surface area contributed by atoms with Gasteiger partial charge in [0.25, 0.3) is 0 Å². The molecular formula is C23H31NO. The van der Waals surface area contributed by atoms with Crippen molar-refractivity contribution >= 4 is 0 Å². The number of benzene rings is 2. The lowest BCUT2D eigenvalue weighted by atomic mass is 9.91. The average Bonchev–Trinajstić information content (AvgIpc) is 2.67. The maximum Gasteiger partial charge on any atom is 0.0945 e. The maximum atomic E-state index is 11.0. The van der Waals surface area contributed by atoms with Gasteiger partial charge in [0.1, 0.15) is 0 Å². The highest BCUT2D eigenvalue weighted by Crippen LogP contribution is 2.29. The number of rotatable bonds is 6. The van der Waals surface area contributed by atoms with Crippen molar-refractivity contribution in [3.8, 4) is 0 Å². The fourth-order valence-corrected chi connectivity index (χ4v) is 3.87. The Morgan fingerprint density at radius 1 is 0.960 bits per heavy atom. The van der Waals surface area contributed by atoms with Gasteiger partial charge in [-0.25, -0.2) is 0 Å². The van der Waals surface area contributed by atoms with Crippen molar-refractivity contribution < 1.29 is 5.11 Å². The second-order valence-electron chi connectivity index (χ2n) is 7.60. The lowest BCUT2D eigenvalue weighted by Crippen LogP contribution is -2.44. The summed E-state index contributed by atoms with van der Waals surface area (Å²) in [5.74, 6) is 0.531. The van der Waals surface area contributed by atoms with Gasteiger partial charge in [-0.15, -0.1) is 0 Å². The maximum absolute atomic E-state index is 11.0. The van der Waals surface area contributed by atoms with Crippen LogP contribution in [0.25, 0.3) is 0 Å². The standard InChI is InChI=1S/C23H31NO/c1-18(2)20-11-13-21(14-12-20)23(25)22-10-6-7-16-24(22)17-15-19-8-4-3-5-9-19/h3-5,8-9,11-14,18,22-23,25H,6-7,10,15-17H2,1-2H3. The Morgan fingerprint density at radius 2 is 1.64 bits per heavy atom. The van der Waals surface area contributed by atoms with Crippen molar-refractivity contribution in [1.82, 2.24) is 4.90 Å². The van der Waals surface area contributed by atoms with E-state index < -0.39 is 6.10 Å². The van der Waals surface area contributed by atoms with Gasteiger partial charge < -0.3 is 5.11 Å². The molecule has 0 spiro atoms. The number of nitrogens with zero attached hydrogens (tertiary/aromatic N) is 1. The molecule has 2 heteroatoms. The molecule has 1 fully saturated rings. The minimum absolute atomic E-state index is 0.238. The van der Waals surface area contributed by atoms with Crippen LogP contribution in [0.2, 0.25) is 0 Å². The van der Waals surface area contributed by atoms with Crippen LogP contribution in [0.4, 0.5) is 0 Å². The van der Waals surface area contributed by atoms with E-state index in [-0.39, 0.29) is 6.04 Å². The first-order valence-electron chi connectivity index (χ1n) is 9.71. The van der Waals surface area contributed by atoms with Crippen molar-refractivity contribution in [3.05, 3.63) is 71.3 Å². The van der Waals surface area contributed by atoms with Crippen molar-refractivity contribution in [2.24, 2.45) is 0 Å². The SMILES string of the molecule is CC(C)c1ccc(C(O)C2CCCCN2CCc2ccccc2)cc1. The topological polar surface area (TPSA) is 23.5 Å². The van der Waals surface area contributed by atoms with E-state index in [9.17, 15) is 5.11 Å². The second-order valence-corrected chi connectivity index (χ2v) is 7.60. The predicted octanol–water partition coefficient (Wildman–Crippen LogP) is 4.94. The first kappa shape index (κ1) is 18.2. The van der Waals surface area contributed by atoms with Crippen LogP contribution in [-0.2, 0) is 6.42 Å². The molecule has 0 bridgehead atoms. The number of hydrogen-bond acceptors (Lipinski definition) is 2. The van der Waals surface area contributed by atoms with Crippen LogP contribution in [0, 0.1) is 0 Å². The smallest absolute Gasteiger partial charge is 0.0945 e. The predicted molar refractivity (Wildman–Crippen MR) is 105 cm³/mol. The van der Waals surface area contributed by atoms with Gasteiger partial charge in [0, 0.05) is 12.6 Å². The molecule has 2 atom stereocenters. The number of aliphatic hydroxyl groups is 1. The Morgan fingerprint density at radius 3 is 2.32 bits per heavy atom. The van der Waals surface area contributed by atoms with E-state index >= 15 is 0 Å². The Bertz CT molecular complexity index is 635. The average molecular weight is 338 g/mol. The largest absolute Gasteiger partial charge is 0.387 e. The van der Waals surface area contributed by atoms with Gasteiger partial charge in [-0.3, -0.25) is 4.90 Å². The molecule has 2 aromatic rings. The van der Waals surface area contributed by atoms with Crippen LogP contribution >= 0.6 is 0 Å². The third-order valence-corrected chi connectivity index (χ3v) is 5.50. The van der Waals surface area contributed by atoms with Crippen molar-refractivity contribution in [3.63, 3.8) is 0 Å². The first-order chi connectivity index (χ1) is 12.1. The normalized spacial score (nSPS) is 19.9. The second kappa shape index (κ2) is 8.64. The third kappa shape index (κ3) is 4.71. The molecule has 25 heavy (non-hydrogen) atoms. The summed E-state index contributed by atoms with van der Waals surface area (Å²) in [6, 6.07) is 19.5. The van der Waals surface area contributed by atoms with Gasteiger partial charge >= 0.3 is 0 Å². The van der Waals surface area contributed by atoms with Crippen molar-refractivity contribution in [2.75, 3.05) is 13.1 Å². The van der Waals surface area contributed by atoms with Gasteiger partial charge in [-0.05, 0) is 48.4 Å². The molecule has 134 valence electrons. The molecular weight excluding hydrogens is 306 g/mol. The highest BCUT2D eigenvalue weighted by atomic mass is 16.3. The lowest BCUT2D eigenvalue weighted by molar-refractivity contribution is 0.0255. The molecule has 1 saturated heterocycles. The molecule has 0 saturated carbocycles. The molecule has 0 amide bonds. The monoisotopic (exact) mass is 337 g/mol. The van der Waals surface area contributed by atoms with Gasteiger partial charge in [0.15, 0.2) is 0 Å². The molecule has 3 rings (SSSR count). The van der Waals surface area contributed by atoms with Gasteiger partial charge in [0.05, 0.1) is 6.10 Å². The molecule has 2 nitrogen and oxygen atoms in total. The molecule has 1 aliphatic heterocycles. The van der Waals surface area contributed by atoms with E-state index in [0.717, 1.165) is 31.5 Å². The van der Waals surface area contributed by atoms with E-state index in [0.29, 0.717) is 5.92 Å². The minimum Gasteiger partial charge on any atom is -0.387 e. The molecule has 0 aromatic heterocycles. The summed E-state index contributed by atoms with van der Waals surface area (Å²) in [7, 11) is 0. The summed E-state index contributed by atoms with van der Waals surface area (Å²) in [4.78, 5) is 2.50. The lowest BCUT2D eigenvalue weighted by Gasteiger charge is -2.38. The van der Waals surface area contributed by atoms with Crippen LogP contribution in [0.15, 0.2) is 54.6 Å². The molecule has 1 N–H and O–H groups in total. The van der Waals surface area contributed by atoms with E-state index in [1.54, 1.807) is 0 Å². The number of piperidine rings is 1. The zero-order chi connectivity index (χ0) is 17.6. The fraction of sp³-hybridized carbons (Fsp3) is 0.478. The molecule has 1 heterocycles. The number of hydrogen-bond donors (Lipinski definition) is 1. The van der Waals surface area contributed by atoms with Crippen molar-refractivity contribution in [1.29, 1.82) is 0 Å². The van der Waals surface area contributed by atoms with E-state index in [1.165, 1.54) is 24.0 Å². The third-order valence-electron chi connectivity index (χ3n) is 5.50. The summed E-state index contributed by atoms with van der Waals surface area (Å²) in [6.45, 7) is 6.53. The summed E-state index contributed by atoms with van der Waals surface area (Å²) in [6.07, 6.45) is 4.20. The summed E-state index contributed by atoms with van der Waals surface area (Å²) in [5.41, 5.74) is 3.77. The van der Waals surface area contributed by atoms with Crippen LogP contribution in [0.3, 0.4) is 0 Å². The quantitative estimate of drug-likeness (QED) is 0.807. The highest BCUT2D eigenvalue weighted by Gasteiger charge is 2.29. The van der Waals surface area contributed by atoms with Crippen LogP contribution in [-0.4, -0.2) is 29.1 Å². The van der Waals surface area contributed by atoms with Crippen LogP contribution in [0.1, 0.15) is 61.8 Å². The van der Waals surface area contributed by atoms with Gasteiger partial charge in [0.2, 0.25) is 0 Å². The molecule has 0 aliphatic carbocycles. The molecule has 2 unspecified atom stereocenters. The summed E-state index contributed by atoms with van der Waals surface area (Å²) in [5, 5.41) is 11.0. The summed E-state index contributed by atoms with van der Waals surface area (Å²) < 4.78 is 0. The van der Waals surface area contributed by atoms with E-state index in [4.69, 9.17) is 0 Å². The molecule has 0 radical (unpaired) electrons. The Kier molecular flexibility index (Phi) is 6.28. The highest BCUT2D eigenvalue weighted by molar-refractivity contribution is 5.27. The molecule has 1 aliphatic rings. The first-order valence-corrected chi connectivity index (χ1v) is 9.71. The van der Waals surface area contributed by atoms with Crippen LogP contribution in [0.5, 0.6) is 0 Å². The molecule has 2 aromatic carbocycles. The van der Waals surface area contributed by atoms with Gasteiger partial charge in [-0.2, -0.15) is 0 Å². The number of likely N-dealkylation sites (tertiary alicyclic amines) is 1. The van der Waals surface area contributed by atoms with E-state index in [2.05, 4.69) is 73.3 Å². The number of aliphatic hydroxyl groups excluding tert-OH is 1. The Hall–Kier alpha value is -1.64. The zero-order valence-electron chi connectivity index (χ0n) is 15.6. The van der Waals surface area contributed by atoms with Crippen LogP contribution < -0.4 is 0 Å². The fourth-order valence-electron chi connectivity index (χ4n) is 3.87. The Labute approximate surface area is 152 Å². The summed E-state index contributed by atoms with van der Waals surface area (Å²) >= 11 is 0. The van der Waals surface area contributed by atoms with E-state index in [1.807, 2.05) is 0 Å². The van der Waals surface area contributed by atoms with Crippen molar-refractivity contribution in [2.45, 2.75) is 57.6 Å². The zero-order valence-corrected chi connectivity index (χ0v) is 15.6. The Balaban J connectivity index is 1.66.